The second kappa shape index (κ2) is 4.23. The van der Waals surface area contributed by atoms with Gasteiger partial charge in [-0.2, -0.15) is 0 Å². The van der Waals surface area contributed by atoms with E-state index < -0.39 is 0 Å². The van der Waals surface area contributed by atoms with Crippen molar-refractivity contribution in [2.75, 3.05) is 7.11 Å². The lowest BCUT2D eigenvalue weighted by Gasteiger charge is -2.35. The van der Waals surface area contributed by atoms with Crippen LogP contribution in [0.1, 0.15) is 46.5 Å². The number of aromatic nitrogens is 2. The highest BCUT2D eigenvalue weighted by Crippen LogP contribution is 2.52. The zero-order valence-corrected chi connectivity index (χ0v) is 12.1. The van der Waals surface area contributed by atoms with Crippen molar-refractivity contribution in [1.82, 2.24) is 9.55 Å². The van der Waals surface area contributed by atoms with Gasteiger partial charge in [-0.05, 0) is 31.2 Å². The Morgan fingerprint density at radius 1 is 1.43 bits per heavy atom. The van der Waals surface area contributed by atoms with Gasteiger partial charge in [0.15, 0.2) is 5.69 Å². The minimum Gasteiger partial charge on any atom is -0.464 e. The van der Waals surface area contributed by atoms with E-state index in [2.05, 4.69) is 15.6 Å². The Labute approximate surface area is 124 Å². The van der Waals surface area contributed by atoms with Gasteiger partial charge >= 0.3 is 5.97 Å². The number of benzene rings is 1. The third-order valence-corrected chi connectivity index (χ3v) is 4.77. The minimum absolute atomic E-state index is 0.380. The van der Waals surface area contributed by atoms with Crippen LogP contribution in [0.5, 0.6) is 0 Å². The normalized spacial score (nSPS) is 21.8. The van der Waals surface area contributed by atoms with Crippen molar-refractivity contribution in [2.24, 2.45) is 0 Å². The summed E-state index contributed by atoms with van der Waals surface area (Å²) in [5.41, 5.74) is 4.36. The maximum Gasteiger partial charge on any atom is 0.358 e. The Morgan fingerprint density at radius 3 is 2.90 bits per heavy atom. The Kier molecular flexibility index (Phi) is 2.55. The summed E-state index contributed by atoms with van der Waals surface area (Å²) >= 11 is 0. The number of hydrogen-bond acceptors (Lipinski definition) is 3. The summed E-state index contributed by atoms with van der Waals surface area (Å²) in [6.45, 7) is 1.94. The zero-order valence-electron chi connectivity index (χ0n) is 12.1. The van der Waals surface area contributed by atoms with E-state index in [1.807, 2.05) is 19.1 Å². The molecular formula is C16H15BN2O2. The molecule has 0 saturated heterocycles. The highest BCUT2D eigenvalue weighted by molar-refractivity contribution is 6.32. The fourth-order valence-corrected chi connectivity index (χ4v) is 3.62. The van der Waals surface area contributed by atoms with E-state index in [9.17, 15) is 4.79 Å². The van der Waals surface area contributed by atoms with Crippen molar-refractivity contribution in [3.05, 3.63) is 35.2 Å². The van der Waals surface area contributed by atoms with Crippen LogP contribution >= 0.6 is 0 Å². The van der Waals surface area contributed by atoms with Gasteiger partial charge in [0.05, 0.1) is 7.11 Å². The van der Waals surface area contributed by atoms with E-state index in [1.54, 1.807) is 0 Å². The average molecular weight is 278 g/mol. The molecule has 0 atom stereocenters. The van der Waals surface area contributed by atoms with E-state index in [0.717, 1.165) is 35.4 Å². The molecule has 2 bridgehead atoms. The van der Waals surface area contributed by atoms with Gasteiger partial charge in [0, 0.05) is 17.3 Å². The molecule has 1 saturated carbocycles. The van der Waals surface area contributed by atoms with Crippen LogP contribution in [-0.4, -0.2) is 30.5 Å². The van der Waals surface area contributed by atoms with Crippen LogP contribution in [0, 0.1) is 6.92 Å². The Morgan fingerprint density at radius 2 is 2.19 bits per heavy atom. The lowest BCUT2D eigenvalue weighted by molar-refractivity contribution is 0.0593. The lowest BCUT2D eigenvalue weighted by atomic mass is 9.75. The van der Waals surface area contributed by atoms with Gasteiger partial charge in [-0.1, -0.05) is 23.7 Å². The molecule has 1 aromatic carbocycles. The molecule has 2 aliphatic heterocycles. The van der Waals surface area contributed by atoms with Crippen molar-refractivity contribution < 1.29 is 9.53 Å². The van der Waals surface area contributed by atoms with E-state index >= 15 is 0 Å². The standard InChI is InChI=1S/C16H15BN2O2/c1-8-14(16(20)21-2)18-15-13-7-10(17)3-4-12(13)9-5-11(6-9)19(8)15/h3-4,7,9,11H,5-6H2,1-2H3. The number of esters is 1. The maximum atomic E-state index is 11.9. The smallest absolute Gasteiger partial charge is 0.358 e. The fraction of sp³-hybridized carbons (Fsp3) is 0.375. The monoisotopic (exact) mass is 278 g/mol. The minimum atomic E-state index is -0.380. The number of methoxy groups -OCH3 is 1. The lowest BCUT2D eigenvalue weighted by Crippen LogP contribution is -2.24. The largest absolute Gasteiger partial charge is 0.464 e. The number of imidazole rings is 1. The van der Waals surface area contributed by atoms with Crippen LogP contribution in [0.3, 0.4) is 0 Å². The van der Waals surface area contributed by atoms with Gasteiger partial charge in [-0.15, -0.1) is 0 Å². The molecule has 3 heterocycles. The highest BCUT2D eigenvalue weighted by Gasteiger charge is 2.40. The molecular weight excluding hydrogens is 263 g/mol. The SMILES string of the molecule is [B]c1ccc2c(c1)-c1nc(C(=O)OC)c(C)n1C1CC2C1. The summed E-state index contributed by atoms with van der Waals surface area (Å²) < 4.78 is 7.03. The van der Waals surface area contributed by atoms with E-state index in [1.165, 1.54) is 12.7 Å². The van der Waals surface area contributed by atoms with Crippen molar-refractivity contribution in [3.63, 3.8) is 0 Å². The fourth-order valence-electron chi connectivity index (χ4n) is 3.62. The molecule has 2 aromatic rings. The molecule has 0 N–H and O–H groups in total. The van der Waals surface area contributed by atoms with Crippen LogP contribution < -0.4 is 5.46 Å². The zero-order chi connectivity index (χ0) is 14.7. The molecule has 1 aliphatic carbocycles. The van der Waals surface area contributed by atoms with Gasteiger partial charge in [0.1, 0.15) is 13.7 Å². The van der Waals surface area contributed by atoms with E-state index in [-0.39, 0.29) is 5.97 Å². The molecule has 3 aliphatic rings. The Hall–Kier alpha value is -2.04. The second-order valence-electron chi connectivity index (χ2n) is 5.90. The number of carbonyl (C=O) groups excluding carboxylic acids is 1. The number of carbonyl (C=O) groups is 1. The second-order valence-corrected chi connectivity index (χ2v) is 5.90. The Balaban J connectivity index is 2.00. The van der Waals surface area contributed by atoms with Crippen molar-refractivity contribution in [1.29, 1.82) is 0 Å². The number of nitrogens with zero attached hydrogens (tertiary/aromatic N) is 2. The van der Waals surface area contributed by atoms with Gasteiger partial charge in [0.2, 0.25) is 0 Å². The molecule has 2 radical (unpaired) electrons. The molecule has 5 rings (SSSR count). The number of ether oxygens (including phenoxy) is 1. The molecule has 0 spiro atoms. The summed E-state index contributed by atoms with van der Waals surface area (Å²) in [6.07, 6.45) is 2.20. The van der Waals surface area contributed by atoms with E-state index in [4.69, 9.17) is 12.6 Å². The number of hydrogen-bond donors (Lipinski definition) is 0. The molecule has 104 valence electrons. The van der Waals surface area contributed by atoms with Gasteiger partial charge < -0.3 is 9.30 Å². The maximum absolute atomic E-state index is 11.9. The van der Waals surface area contributed by atoms with Crippen molar-refractivity contribution in [3.8, 4) is 11.4 Å². The quantitative estimate of drug-likeness (QED) is 0.591. The molecule has 0 unspecified atom stereocenters. The molecule has 5 heteroatoms. The summed E-state index contributed by atoms with van der Waals surface area (Å²) in [5, 5.41) is 0. The predicted octanol–water partition coefficient (Wildman–Crippen LogP) is 1.87. The van der Waals surface area contributed by atoms with Gasteiger partial charge in [-0.3, -0.25) is 0 Å². The third kappa shape index (κ3) is 1.63. The van der Waals surface area contributed by atoms with Crippen LogP contribution in [0.15, 0.2) is 18.2 Å². The molecule has 1 fully saturated rings. The van der Waals surface area contributed by atoms with E-state index in [0.29, 0.717) is 17.7 Å². The van der Waals surface area contributed by atoms with Gasteiger partial charge in [-0.25, -0.2) is 9.78 Å². The first-order valence-corrected chi connectivity index (χ1v) is 7.17. The summed E-state index contributed by atoms with van der Waals surface area (Å²) in [6, 6.07) is 6.43. The topological polar surface area (TPSA) is 44.1 Å². The van der Waals surface area contributed by atoms with Crippen LogP contribution in [-0.2, 0) is 4.74 Å². The third-order valence-electron chi connectivity index (χ3n) is 4.77. The van der Waals surface area contributed by atoms with Gasteiger partial charge in [0.25, 0.3) is 0 Å². The summed E-state index contributed by atoms with van der Waals surface area (Å²) in [5.74, 6) is 1.04. The first-order valence-electron chi connectivity index (χ1n) is 7.17. The summed E-state index contributed by atoms with van der Waals surface area (Å²) in [4.78, 5) is 16.5. The molecule has 1 aromatic heterocycles. The van der Waals surface area contributed by atoms with Crippen LogP contribution in [0.25, 0.3) is 11.4 Å². The first-order chi connectivity index (χ1) is 10.1. The Bertz CT molecular complexity index is 760. The number of rotatable bonds is 1. The first kappa shape index (κ1) is 12.7. The predicted molar refractivity (Wildman–Crippen MR) is 80.1 cm³/mol. The summed E-state index contributed by atoms with van der Waals surface area (Å²) in [7, 11) is 7.34. The highest BCUT2D eigenvalue weighted by atomic mass is 16.5. The average Bonchev–Trinajstić information content (AvgIpc) is 2.62. The van der Waals surface area contributed by atoms with Crippen molar-refractivity contribution >= 4 is 19.3 Å². The van der Waals surface area contributed by atoms with Crippen LogP contribution in [0.2, 0.25) is 0 Å². The van der Waals surface area contributed by atoms with Crippen molar-refractivity contribution in [2.45, 2.75) is 31.7 Å². The van der Waals surface area contributed by atoms with Crippen LogP contribution in [0.4, 0.5) is 0 Å². The molecule has 4 nitrogen and oxygen atoms in total. The molecule has 0 amide bonds. The molecule has 21 heavy (non-hydrogen) atoms.